The van der Waals surface area contributed by atoms with Gasteiger partial charge < -0.3 is 9.42 Å². The average molecular weight is 353 g/mol. The summed E-state index contributed by atoms with van der Waals surface area (Å²) in [4.78, 5) is 2.08. The molecular formula is C16H20FN3O3S. The second-order valence-corrected chi connectivity index (χ2v) is 7.59. The van der Waals surface area contributed by atoms with Gasteiger partial charge in [-0.05, 0) is 51.3 Å². The SMILES string of the molecule is Cc1noc(C)c1S(=O)(=O)Nc1cc(N2CCCCC2)ccc1F. The average Bonchev–Trinajstić information content (AvgIpc) is 2.90. The van der Waals surface area contributed by atoms with Gasteiger partial charge in [-0.25, -0.2) is 12.8 Å². The van der Waals surface area contributed by atoms with Crippen LogP contribution in [0.5, 0.6) is 0 Å². The Morgan fingerprint density at radius 2 is 1.92 bits per heavy atom. The summed E-state index contributed by atoms with van der Waals surface area (Å²) in [5, 5.41) is 3.64. The van der Waals surface area contributed by atoms with Crippen LogP contribution in [0.1, 0.15) is 30.7 Å². The maximum absolute atomic E-state index is 14.1. The van der Waals surface area contributed by atoms with E-state index in [4.69, 9.17) is 4.52 Å². The van der Waals surface area contributed by atoms with Crippen LogP contribution in [-0.2, 0) is 10.0 Å². The highest BCUT2D eigenvalue weighted by Crippen LogP contribution is 2.28. The Bertz CT molecular complexity index is 823. The lowest BCUT2D eigenvalue weighted by Gasteiger charge is -2.29. The van der Waals surface area contributed by atoms with Crippen molar-refractivity contribution in [1.29, 1.82) is 0 Å². The summed E-state index contributed by atoms with van der Waals surface area (Å²) in [5.41, 5.74) is 0.984. The molecule has 2 aromatic rings. The Labute approximate surface area is 140 Å². The highest BCUT2D eigenvalue weighted by atomic mass is 32.2. The van der Waals surface area contributed by atoms with Gasteiger partial charge in [0.05, 0.1) is 5.69 Å². The van der Waals surface area contributed by atoms with Crippen molar-refractivity contribution >= 4 is 21.4 Å². The number of piperidine rings is 1. The fraction of sp³-hybridized carbons (Fsp3) is 0.438. The molecule has 0 spiro atoms. The van der Waals surface area contributed by atoms with E-state index in [0.717, 1.165) is 31.6 Å². The molecule has 130 valence electrons. The number of sulfonamides is 1. The summed E-state index contributed by atoms with van der Waals surface area (Å²) in [7, 11) is -3.97. The molecule has 0 aliphatic carbocycles. The lowest BCUT2D eigenvalue weighted by molar-refractivity contribution is 0.390. The van der Waals surface area contributed by atoms with Gasteiger partial charge in [-0.15, -0.1) is 0 Å². The number of aryl methyl sites for hydroxylation is 2. The summed E-state index contributed by atoms with van der Waals surface area (Å²) >= 11 is 0. The Kier molecular flexibility index (Phi) is 4.49. The predicted molar refractivity (Wildman–Crippen MR) is 89.2 cm³/mol. The molecule has 1 N–H and O–H groups in total. The summed E-state index contributed by atoms with van der Waals surface area (Å²) in [6.07, 6.45) is 3.35. The maximum atomic E-state index is 14.1. The first-order valence-electron chi connectivity index (χ1n) is 7.88. The first kappa shape index (κ1) is 16.8. The molecule has 2 heterocycles. The molecule has 6 nitrogen and oxygen atoms in total. The third kappa shape index (κ3) is 3.24. The minimum Gasteiger partial charge on any atom is -0.371 e. The number of hydrogen-bond donors (Lipinski definition) is 1. The molecule has 24 heavy (non-hydrogen) atoms. The molecule has 0 atom stereocenters. The Morgan fingerprint density at radius 3 is 2.54 bits per heavy atom. The first-order chi connectivity index (χ1) is 11.4. The molecular weight excluding hydrogens is 333 g/mol. The maximum Gasteiger partial charge on any atom is 0.267 e. The topological polar surface area (TPSA) is 75.4 Å². The van der Waals surface area contributed by atoms with Gasteiger partial charge in [0.1, 0.15) is 11.5 Å². The molecule has 0 radical (unpaired) electrons. The van der Waals surface area contributed by atoms with E-state index in [1.807, 2.05) is 0 Å². The van der Waals surface area contributed by atoms with Crippen LogP contribution in [0.3, 0.4) is 0 Å². The Balaban J connectivity index is 1.92. The summed E-state index contributed by atoms with van der Waals surface area (Å²) in [6.45, 7) is 4.82. The lowest BCUT2D eigenvalue weighted by atomic mass is 10.1. The van der Waals surface area contributed by atoms with Gasteiger partial charge in [0.15, 0.2) is 10.7 Å². The van der Waals surface area contributed by atoms with E-state index in [1.165, 1.54) is 32.4 Å². The fourth-order valence-corrected chi connectivity index (χ4v) is 4.38. The zero-order chi connectivity index (χ0) is 17.3. The van der Waals surface area contributed by atoms with Crippen molar-refractivity contribution in [3.05, 3.63) is 35.5 Å². The summed E-state index contributed by atoms with van der Waals surface area (Å²) in [5.74, 6) is -0.446. The van der Waals surface area contributed by atoms with Crippen LogP contribution in [0.15, 0.2) is 27.6 Å². The van der Waals surface area contributed by atoms with Gasteiger partial charge in [0.25, 0.3) is 10.0 Å². The van der Waals surface area contributed by atoms with Gasteiger partial charge in [0.2, 0.25) is 0 Å². The highest BCUT2D eigenvalue weighted by Gasteiger charge is 2.25. The number of halogens is 1. The zero-order valence-electron chi connectivity index (χ0n) is 13.7. The van der Waals surface area contributed by atoms with Crippen molar-refractivity contribution in [2.75, 3.05) is 22.7 Å². The van der Waals surface area contributed by atoms with E-state index in [9.17, 15) is 12.8 Å². The zero-order valence-corrected chi connectivity index (χ0v) is 14.5. The number of nitrogens with zero attached hydrogens (tertiary/aromatic N) is 2. The quantitative estimate of drug-likeness (QED) is 0.913. The van der Waals surface area contributed by atoms with Crippen molar-refractivity contribution in [2.45, 2.75) is 38.0 Å². The van der Waals surface area contributed by atoms with E-state index >= 15 is 0 Å². The summed E-state index contributed by atoms with van der Waals surface area (Å²) < 4.78 is 46.4. The molecule has 0 amide bonds. The lowest BCUT2D eigenvalue weighted by Crippen LogP contribution is -2.29. The van der Waals surface area contributed by atoms with E-state index in [1.54, 1.807) is 6.07 Å². The van der Waals surface area contributed by atoms with Gasteiger partial charge >= 0.3 is 0 Å². The van der Waals surface area contributed by atoms with Crippen molar-refractivity contribution in [3.63, 3.8) is 0 Å². The van der Waals surface area contributed by atoms with Crippen molar-refractivity contribution in [3.8, 4) is 0 Å². The molecule has 1 fully saturated rings. The van der Waals surface area contributed by atoms with Crippen LogP contribution in [0, 0.1) is 19.7 Å². The second-order valence-electron chi connectivity index (χ2n) is 5.97. The number of aromatic nitrogens is 1. The molecule has 1 aromatic heterocycles. The minimum atomic E-state index is -3.97. The van der Waals surface area contributed by atoms with Crippen LogP contribution in [0.4, 0.5) is 15.8 Å². The molecule has 1 aromatic carbocycles. The third-order valence-corrected chi connectivity index (χ3v) is 5.76. The Morgan fingerprint density at radius 1 is 1.21 bits per heavy atom. The minimum absolute atomic E-state index is 0.0507. The van der Waals surface area contributed by atoms with Crippen LogP contribution in [0.2, 0.25) is 0 Å². The fourth-order valence-electron chi connectivity index (χ4n) is 2.99. The standard InChI is InChI=1S/C16H20FN3O3S/c1-11-16(12(2)23-18-11)24(21,22)19-15-10-13(6-7-14(15)17)20-8-4-3-5-9-20/h6-7,10,19H,3-5,8-9H2,1-2H3. The molecule has 1 aliphatic heterocycles. The first-order valence-corrected chi connectivity index (χ1v) is 9.37. The van der Waals surface area contributed by atoms with Crippen LogP contribution in [0.25, 0.3) is 0 Å². The Hall–Kier alpha value is -2.09. The molecule has 0 saturated carbocycles. The van der Waals surface area contributed by atoms with Crippen LogP contribution in [-0.4, -0.2) is 26.7 Å². The predicted octanol–water partition coefficient (Wildman–Crippen LogP) is 3.22. The van der Waals surface area contributed by atoms with Crippen LogP contribution >= 0.6 is 0 Å². The molecule has 0 bridgehead atoms. The van der Waals surface area contributed by atoms with E-state index in [2.05, 4.69) is 14.8 Å². The number of rotatable bonds is 4. The van der Waals surface area contributed by atoms with Gasteiger partial charge in [0, 0.05) is 18.8 Å². The van der Waals surface area contributed by atoms with Gasteiger partial charge in [-0.1, -0.05) is 5.16 Å². The van der Waals surface area contributed by atoms with E-state index in [-0.39, 0.29) is 22.0 Å². The number of benzene rings is 1. The molecule has 1 saturated heterocycles. The molecule has 8 heteroatoms. The molecule has 1 aliphatic rings. The normalized spacial score (nSPS) is 15.5. The number of anilines is 2. The molecule has 0 unspecified atom stereocenters. The van der Waals surface area contributed by atoms with Crippen molar-refractivity contribution < 1.29 is 17.3 Å². The van der Waals surface area contributed by atoms with Gasteiger partial charge in [-0.2, -0.15) is 0 Å². The summed E-state index contributed by atoms with van der Waals surface area (Å²) in [6, 6.07) is 4.50. The number of hydrogen-bond acceptors (Lipinski definition) is 5. The monoisotopic (exact) mass is 353 g/mol. The largest absolute Gasteiger partial charge is 0.371 e. The number of nitrogens with one attached hydrogen (secondary N) is 1. The van der Waals surface area contributed by atoms with Crippen molar-refractivity contribution in [2.24, 2.45) is 0 Å². The van der Waals surface area contributed by atoms with E-state index in [0.29, 0.717) is 0 Å². The van der Waals surface area contributed by atoms with Crippen molar-refractivity contribution in [1.82, 2.24) is 5.16 Å². The molecule has 3 rings (SSSR count). The van der Waals surface area contributed by atoms with Gasteiger partial charge in [-0.3, -0.25) is 4.72 Å². The second kappa shape index (κ2) is 6.43. The highest BCUT2D eigenvalue weighted by molar-refractivity contribution is 7.92. The van der Waals surface area contributed by atoms with E-state index < -0.39 is 15.8 Å². The smallest absolute Gasteiger partial charge is 0.267 e. The van der Waals surface area contributed by atoms with Crippen LogP contribution < -0.4 is 9.62 Å². The third-order valence-electron chi connectivity index (χ3n) is 4.15.